The lowest BCUT2D eigenvalue weighted by atomic mass is 10.1. The van der Waals surface area contributed by atoms with Gasteiger partial charge in [-0.25, -0.2) is 5.48 Å². The Kier molecular flexibility index (Phi) is 12.3. The molecule has 0 aromatic heterocycles. The monoisotopic (exact) mass is 299 g/mol. The summed E-state index contributed by atoms with van der Waals surface area (Å²) in [6.07, 6.45) is 6.93. The van der Waals surface area contributed by atoms with E-state index < -0.39 is 0 Å². The van der Waals surface area contributed by atoms with Gasteiger partial charge in [0.2, 0.25) is 5.91 Å². The number of hydrogen-bond acceptors (Lipinski definition) is 2. The van der Waals surface area contributed by atoms with Crippen molar-refractivity contribution in [3.8, 4) is 0 Å². The second-order valence-corrected chi connectivity index (χ2v) is 4.77. The first-order valence-corrected chi connectivity index (χ1v) is 7.27. The first kappa shape index (κ1) is 18.9. The fraction of sp³-hybridized carbons (Fsp3) is 0.562. The van der Waals surface area contributed by atoms with Crippen molar-refractivity contribution in [2.45, 2.75) is 51.9 Å². The van der Waals surface area contributed by atoms with Gasteiger partial charge >= 0.3 is 0 Å². The maximum Gasteiger partial charge on any atom is 0.243 e. The van der Waals surface area contributed by atoms with Crippen LogP contribution in [0.5, 0.6) is 0 Å². The highest BCUT2D eigenvalue weighted by atomic mass is 35.5. The largest absolute Gasteiger partial charge is 0.274 e. The van der Waals surface area contributed by atoms with E-state index in [1.165, 1.54) is 18.4 Å². The van der Waals surface area contributed by atoms with Crippen LogP contribution in [0, 0.1) is 0 Å². The number of halogens is 1. The van der Waals surface area contributed by atoms with E-state index in [0.717, 1.165) is 25.7 Å². The summed E-state index contributed by atoms with van der Waals surface area (Å²) in [5.74, 6) is -0.00388. The van der Waals surface area contributed by atoms with E-state index >= 15 is 0 Å². The minimum Gasteiger partial charge on any atom is -0.274 e. The standard InChI is InChI=1S/C16H25NO2.ClH/c1-2-3-4-8-13-16(18)17-19-14-9-12-15-10-6-5-7-11-15;/h5-7,10-11H,2-4,8-9,12-14H2,1H3,(H,17,18);1H. The predicted molar refractivity (Wildman–Crippen MR) is 84.9 cm³/mol. The van der Waals surface area contributed by atoms with Crippen molar-refractivity contribution in [1.82, 2.24) is 5.48 Å². The van der Waals surface area contributed by atoms with E-state index in [9.17, 15) is 4.79 Å². The Morgan fingerprint density at radius 2 is 1.85 bits per heavy atom. The summed E-state index contributed by atoms with van der Waals surface area (Å²) in [4.78, 5) is 16.6. The molecule has 0 saturated heterocycles. The Hall–Kier alpha value is -1.06. The minimum atomic E-state index is -0.00388. The Labute approximate surface area is 128 Å². The van der Waals surface area contributed by atoms with E-state index in [0.29, 0.717) is 13.0 Å². The molecule has 3 nitrogen and oxygen atoms in total. The highest BCUT2D eigenvalue weighted by Gasteiger charge is 2.00. The molecule has 0 heterocycles. The summed E-state index contributed by atoms with van der Waals surface area (Å²) < 4.78 is 0. The summed E-state index contributed by atoms with van der Waals surface area (Å²) in [6, 6.07) is 10.3. The minimum absolute atomic E-state index is 0. The molecular formula is C16H26ClNO2. The number of rotatable bonds is 10. The van der Waals surface area contributed by atoms with Gasteiger partial charge in [-0.2, -0.15) is 0 Å². The van der Waals surface area contributed by atoms with Gasteiger partial charge in [-0.3, -0.25) is 9.63 Å². The molecule has 0 saturated carbocycles. The molecule has 0 radical (unpaired) electrons. The predicted octanol–water partition coefficient (Wildman–Crippen LogP) is 4.06. The third kappa shape index (κ3) is 9.82. The smallest absolute Gasteiger partial charge is 0.243 e. The molecule has 0 fully saturated rings. The summed E-state index contributed by atoms with van der Waals surface area (Å²) in [5, 5.41) is 0. The van der Waals surface area contributed by atoms with E-state index in [2.05, 4.69) is 24.5 Å². The molecule has 1 amide bonds. The number of hydrogen-bond donors (Lipinski definition) is 1. The molecule has 20 heavy (non-hydrogen) atoms. The van der Waals surface area contributed by atoms with Crippen molar-refractivity contribution in [1.29, 1.82) is 0 Å². The molecule has 0 spiro atoms. The first-order chi connectivity index (χ1) is 9.33. The molecular weight excluding hydrogens is 274 g/mol. The van der Waals surface area contributed by atoms with Gasteiger partial charge in [0.1, 0.15) is 0 Å². The zero-order valence-electron chi connectivity index (χ0n) is 12.3. The molecule has 1 aromatic rings. The summed E-state index contributed by atoms with van der Waals surface area (Å²) >= 11 is 0. The summed E-state index contributed by atoms with van der Waals surface area (Å²) in [6.45, 7) is 2.73. The van der Waals surface area contributed by atoms with Gasteiger partial charge in [0, 0.05) is 6.42 Å². The van der Waals surface area contributed by atoms with Crippen molar-refractivity contribution >= 4 is 18.3 Å². The van der Waals surface area contributed by atoms with Gasteiger partial charge < -0.3 is 0 Å². The topological polar surface area (TPSA) is 38.3 Å². The van der Waals surface area contributed by atoms with E-state index in [1.54, 1.807) is 0 Å². The van der Waals surface area contributed by atoms with Crippen LogP contribution in [-0.2, 0) is 16.1 Å². The van der Waals surface area contributed by atoms with Gasteiger partial charge in [-0.05, 0) is 24.8 Å². The van der Waals surface area contributed by atoms with Gasteiger partial charge in [0.25, 0.3) is 0 Å². The van der Waals surface area contributed by atoms with Crippen LogP contribution in [0.3, 0.4) is 0 Å². The molecule has 1 rings (SSSR count). The van der Waals surface area contributed by atoms with Crippen LogP contribution in [0.4, 0.5) is 0 Å². The van der Waals surface area contributed by atoms with Crippen molar-refractivity contribution in [2.75, 3.05) is 6.61 Å². The van der Waals surface area contributed by atoms with Crippen LogP contribution in [0.2, 0.25) is 0 Å². The number of carbonyl (C=O) groups is 1. The molecule has 0 aliphatic heterocycles. The number of unbranched alkanes of at least 4 members (excludes halogenated alkanes) is 3. The first-order valence-electron chi connectivity index (χ1n) is 7.27. The average Bonchev–Trinajstić information content (AvgIpc) is 2.44. The fourth-order valence-electron chi connectivity index (χ4n) is 1.89. The van der Waals surface area contributed by atoms with Crippen LogP contribution < -0.4 is 5.48 Å². The molecule has 1 aromatic carbocycles. The van der Waals surface area contributed by atoms with Crippen molar-refractivity contribution < 1.29 is 9.63 Å². The number of aryl methyl sites for hydroxylation is 1. The lowest BCUT2D eigenvalue weighted by molar-refractivity contribution is -0.133. The Bertz CT molecular complexity index is 344. The normalized spacial score (nSPS) is 9.85. The highest BCUT2D eigenvalue weighted by molar-refractivity contribution is 5.85. The SMILES string of the molecule is CCCCCCC(=O)NOCCCc1ccccc1.Cl. The third-order valence-corrected chi connectivity index (χ3v) is 3.00. The highest BCUT2D eigenvalue weighted by Crippen LogP contribution is 2.03. The van der Waals surface area contributed by atoms with Crippen LogP contribution >= 0.6 is 12.4 Å². The Balaban J connectivity index is 0.00000361. The Morgan fingerprint density at radius 1 is 1.10 bits per heavy atom. The summed E-state index contributed by atoms with van der Waals surface area (Å²) in [7, 11) is 0. The van der Waals surface area contributed by atoms with Crippen molar-refractivity contribution in [3.63, 3.8) is 0 Å². The molecule has 114 valence electrons. The molecule has 0 atom stereocenters. The van der Waals surface area contributed by atoms with E-state index in [-0.39, 0.29) is 18.3 Å². The quantitative estimate of drug-likeness (QED) is 0.522. The average molecular weight is 300 g/mol. The van der Waals surface area contributed by atoms with E-state index in [1.807, 2.05) is 18.2 Å². The molecule has 0 aliphatic rings. The number of amides is 1. The lowest BCUT2D eigenvalue weighted by Gasteiger charge is -2.06. The molecule has 0 aliphatic carbocycles. The molecule has 0 bridgehead atoms. The third-order valence-electron chi connectivity index (χ3n) is 3.00. The maximum atomic E-state index is 11.4. The second-order valence-electron chi connectivity index (χ2n) is 4.77. The van der Waals surface area contributed by atoms with Crippen molar-refractivity contribution in [3.05, 3.63) is 35.9 Å². The zero-order valence-corrected chi connectivity index (χ0v) is 13.1. The number of benzene rings is 1. The molecule has 4 heteroatoms. The second kappa shape index (κ2) is 12.9. The van der Waals surface area contributed by atoms with Gasteiger partial charge in [0.05, 0.1) is 6.61 Å². The van der Waals surface area contributed by atoms with Crippen molar-refractivity contribution in [2.24, 2.45) is 0 Å². The molecule has 1 N–H and O–H groups in total. The number of hydroxylamine groups is 1. The van der Waals surface area contributed by atoms with E-state index in [4.69, 9.17) is 4.84 Å². The molecule has 0 unspecified atom stereocenters. The lowest BCUT2D eigenvalue weighted by Crippen LogP contribution is -2.23. The Morgan fingerprint density at radius 3 is 2.55 bits per heavy atom. The van der Waals surface area contributed by atoms with Gasteiger partial charge in [-0.1, -0.05) is 56.5 Å². The summed E-state index contributed by atoms with van der Waals surface area (Å²) in [5.41, 5.74) is 3.81. The number of carbonyl (C=O) groups excluding carboxylic acids is 1. The zero-order chi connectivity index (χ0) is 13.8. The van der Waals surface area contributed by atoms with Crippen LogP contribution in [0.25, 0.3) is 0 Å². The maximum absolute atomic E-state index is 11.4. The van der Waals surface area contributed by atoms with Crippen LogP contribution in [0.15, 0.2) is 30.3 Å². The van der Waals surface area contributed by atoms with Gasteiger partial charge in [0.15, 0.2) is 0 Å². The van der Waals surface area contributed by atoms with Crippen LogP contribution in [-0.4, -0.2) is 12.5 Å². The number of nitrogens with one attached hydrogen (secondary N) is 1. The van der Waals surface area contributed by atoms with Gasteiger partial charge in [-0.15, -0.1) is 12.4 Å². The fourth-order valence-corrected chi connectivity index (χ4v) is 1.89. The van der Waals surface area contributed by atoms with Crippen LogP contribution in [0.1, 0.15) is 51.0 Å².